The van der Waals surface area contributed by atoms with Crippen LogP contribution >= 0.6 is 0 Å². The number of carbonyl (C=O) groups is 1. The molecule has 3 rings (SSSR count). The van der Waals surface area contributed by atoms with Crippen LogP contribution in [0.3, 0.4) is 0 Å². The summed E-state index contributed by atoms with van der Waals surface area (Å²) in [6.45, 7) is 3.16. The number of hydrogen-bond acceptors (Lipinski definition) is 4. The minimum absolute atomic E-state index is 0.0222. The molecule has 144 valence electrons. The Kier molecular flexibility index (Phi) is 5.30. The van der Waals surface area contributed by atoms with Gasteiger partial charge in [-0.25, -0.2) is 17.9 Å². The molecule has 0 aliphatic carbocycles. The monoisotopic (exact) mass is 387 g/mol. The normalized spacial score (nSPS) is 10.8. The van der Waals surface area contributed by atoms with E-state index in [9.17, 15) is 22.8 Å². The molecule has 0 saturated carbocycles. The van der Waals surface area contributed by atoms with Gasteiger partial charge in [0.25, 0.3) is 5.56 Å². The SMILES string of the molecule is CCn1nc(-c2ccccc2)c(C(C)=O)c(Nc2cc(F)c(F)c(F)c2)c1=O. The van der Waals surface area contributed by atoms with E-state index in [4.69, 9.17) is 0 Å². The van der Waals surface area contributed by atoms with Crippen molar-refractivity contribution in [3.63, 3.8) is 0 Å². The second-order valence-corrected chi connectivity index (χ2v) is 6.02. The van der Waals surface area contributed by atoms with Crippen molar-refractivity contribution in [1.82, 2.24) is 9.78 Å². The van der Waals surface area contributed by atoms with Gasteiger partial charge in [0.2, 0.25) is 0 Å². The fraction of sp³-hybridized carbons (Fsp3) is 0.150. The molecular weight excluding hydrogens is 371 g/mol. The lowest BCUT2D eigenvalue weighted by Gasteiger charge is -2.16. The molecule has 28 heavy (non-hydrogen) atoms. The van der Waals surface area contributed by atoms with Crippen LogP contribution in [0.4, 0.5) is 24.5 Å². The summed E-state index contributed by atoms with van der Waals surface area (Å²) in [5, 5.41) is 6.84. The Labute approximate surface area is 158 Å². The molecule has 0 aliphatic heterocycles. The van der Waals surface area contributed by atoms with E-state index in [1.54, 1.807) is 37.3 Å². The minimum atomic E-state index is -1.62. The standard InChI is InChI=1S/C20H16F3N3O2/c1-3-26-20(28)19(24-13-9-14(21)17(23)15(22)10-13)16(11(2)27)18(25-26)12-7-5-4-6-8-12/h4-10,24H,3H2,1-2H3. The number of ketones is 1. The van der Waals surface area contributed by atoms with Crippen molar-refractivity contribution in [2.75, 3.05) is 5.32 Å². The Morgan fingerprint density at radius 1 is 1.11 bits per heavy atom. The van der Waals surface area contributed by atoms with Crippen molar-refractivity contribution in [3.8, 4) is 11.3 Å². The Morgan fingerprint density at radius 3 is 2.25 bits per heavy atom. The molecule has 0 radical (unpaired) electrons. The van der Waals surface area contributed by atoms with Crippen LogP contribution in [0.5, 0.6) is 0 Å². The number of nitrogens with zero attached hydrogens (tertiary/aromatic N) is 2. The van der Waals surface area contributed by atoms with E-state index in [0.717, 1.165) is 4.68 Å². The number of aromatic nitrogens is 2. The summed E-state index contributed by atoms with van der Waals surface area (Å²) in [6, 6.07) is 10.2. The molecule has 5 nitrogen and oxygen atoms in total. The summed E-state index contributed by atoms with van der Waals surface area (Å²) in [5.74, 6) is -4.92. The van der Waals surface area contributed by atoms with E-state index in [1.807, 2.05) is 0 Å². The van der Waals surface area contributed by atoms with Gasteiger partial charge in [0.05, 0.1) is 5.56 Å². The number of Topliss-reactive ketones (excluding diaryl/α,β-unsaturated/α-hetero) is 1. The average Bonchev–Trinajstić information content (AvgIpc) is 2.67. The molecule has 2 aromatic carbocycles. The maximum Gasteiger partial charge on any atom is 0.291 e. The lowest BCUT2D eigenvalue weighted by molar-refractivity contribution is 0.101. The molecule has 0 saturated heterocycles. The Balaban J connectivity index is 2.28. The zero-order valence-electron chi connectivity index (χ0n) is 15.1. The molecule has 3 aromatic rings. The van der Waals surface area contributed by atoms with E-state index in [0.29, 0.717) is 17.7 Å². The van der Waals surface area contributed by atoms with Crippen molar-refractivity contribution in [2.24, 2.45) is 0 Å². The number of benzene rings is 2. The molecule has 8 heteroatoms. The van der Waals surface area contributed by atoms with Gasteiger partial charge in [-0.2, -0.15) is 5.10 Å². The Hall–Kier alpha value is -3.42. The molecule has 0 fully saturated rings. The first kappa shape index (κ1) is 19.3. The van der Waals surface area contributed by atoms with E-state index in [1.165, 1.54) is 6.92 Å². The highest BCUT2D eigenvalue weighted by Crippen LogP contribution is 2.28. The number of rotatable bonds is 5. The van der Waals surface area contributed by atoms with E-state index in [2.05, 4.69) is 10.4 Å². The van der Waals surface area contributed by atoms with Gasteiger partial charge < -0.3 is 5.32 Å². The zero-order chi connectivity index (χ0) is 20.4. The molecule has 1 heterocycles. The van der Waals surface area contributed by atoms with Gasteiger partial charge in [-0.15, -0.1) is 0 Å². The Morgan fingerprint density at radius 2 is 1.71 bits per heavy atom. The number of nitrogens with one attached hydrogen (secondary N) is 1. The number of hydrogen-bond donors (Lipinski definition) is 1. The first-order chi connectivity index (χ1) is 13.3. The van der Waals surface area contributed by atoms with Gasteiger partial charge in [0.1, 0.15) is 11.4 Å². The molecule has 0 bridgehead atoms. The molecule has 1 N–H and O–H groups in total. The smallest absolute Gasteiger partial charge is 0.291 e. The van der Waals surface area contributed by atoms with Crippen LogP contribution in [0, 0.1) is 17.5 Å². The van der Waals surface area contributed by atoms with Gasteiger partial charge in [0, 0.05) is 29.9 Å². The number of aryl methyl sites for hydroxylation is 1. The topological polar surface area (TPSA) is 64.0 Å². The van der Waals surface area contributed by atoms with Crippen LogP contribution in [0.25, 0.3) is 11.3 Å². The van der Waals surface area contributed by atoms with Crippen LogP contribution in [-0.4, -0.2) is 15.6 Å². The van der Waals surface area contributed by atoms with E-state index in [-0.39, 0.29) is 29.2 Å². The summed E-state index contributed by atoms with van der Waals surface area (Å²) < 4.78 is 41.5. The first-order valence-corrected chi connectivity index (χ1v) is 8.46. The predicted molar refractivity (Wildman–Crippen MR) is 99.2 cm³/mol. The van der Waals surface area contributed by atoms with Crippen molar-refractivity contribution in [3.05, 3.63) is 75.8 Å². The predicted octanol–water partition coefficient (Wildman–Crippen LogP) is 4.29. The van der Waals surface area contributed by atoms with E-state index < -0.39 is 28.8 Å². The largest absolute Gasteiger partial charge is 0.350 e. The van der Waals surface area contributed by atoms with Crippen LogP contribution in [-0.2, 0) is 6.54 Å². The van der Waals surface area contributed by atoms with Crippen molar-refractivity contribution in [2.45, 2.75) is 20.4 Å². The van der Waals surface area contributed by atoms with Crippen LogP contribution in [0.2, 0.25) is 0 Å². The summed E-state index contributed by atoms with van der Waals surface area (Å²) >= 11 is 0. The van der Waals surface area contributed by atoms with Crippen molar-refractivity contribution >= 4 is 17.2 Å². The van der Waals surface area contributed by atoms with Crippen LogP contribution < -0.4 is 10.9 Å². The number of halogens is 3. The molecule has 1 aromatic heterocycles. The molecule has 0 unspecified atom stereocenters. The van der Waals surface area contributed by atoms with Crippen molar-refractivity contribution < 1.29 is 18.0 Å². The molecular formula is C20H16F3N3O2. The lowest BCUT2D eigenvalue weighted by Crippen LogP contribution is -2.28. The quantitative estimate of drug-likeness (QED) is 0.524. The van der Waals surface area contributed by atoms with E-state index >= 15 is 0 Å². The van der Waals surface area contributed by atoms with Gasteiger partial charge in [0.15, 0.2) is 23.2 Å². The molecule has 0 atom stereocenters. The zero-order valence-corrected chi connectivity index (χ0v) is 15.1. The van der Waals surface area contributed by atoms with Gasteiger partial charge in [-0.05, 0) is 13.8 Å². The van der Waals surface area contributed by atoms with Crippen LogP contribution in [0.15, 0.2) is 47.3 Å². The fourth-order valence-corrected chi connectivity index (χ4v) is 2.81. The minimum Gasteiger partial charge on any atom is -0.350 e. The summed E-state index contributed by atoms with van der Waals surface area (Å²) in [6.07, 6.45) is 0. The van der Waals surface area contributed by atoms with Crippen molar-refractivity contribution in [1.29, 1.82) is 0 Å². The summed E-state index contributed by atoms with van der Waals surface area (Å²) in [7, 11) is 0. The summed E-state index contributed by atoms with van der Waals surface area (Å²) in [5.41, 5.74) is -0.212. The summed E-state index contributed by atoms with van der Waals surface area (Å²) in [4.78, 5) is 25.1. The van der Waals surface area contributed by atoms with Crippen LogP contribution in [0.1, 0.15) is 24.2 Å². The first-order valence-electron chi connectivity index (χ1n) is 8.46. The Bertz CT molecular complexity index is 1090. The third kappa shape index (κ3) is 3.53. The third-order valence-corrected chi connectivity index (χ3v) is 4.11. The molecule has 0 spiro atoms. The fourth-order valence-electron chi connectivity index (χ4n) is 2.81. The maximum atomic E-state index is 13.6. The highest BCUT2D eigenvalue weighted by Gasteiger charge is 2.22. The maximum absolute atomic E-state index is 13.6. The highest BCUT2D eigenvalue weighted by molar-refractivity contribution is 6.05. The number of anilines is 2. The lowest BCUT2D eigenvalue weighted by atomic mass is 10.0. The molecule has 0 aliphatic rings. The van der Waals surface area contributed by atoms with Gasteiger partial charge in [-0.3, -0.25) is 9.59 Å². The second-order valence-electron chi connectivity index (χ2n) is 6.02. The third-order valence-electron chi connectivity index (χ3n) is 4.11. The number of carbonyl (C=O) groups excluding carboxylic acids is 1. The van der Waals surface area contributed by atoms with Gasteiger partial charge in [-0.1, -0.05) is 30.3 Å². The van der Waals surface area contributed by atoms with Gasteiger partial charge >= 0.3 is 0 Å². The highest BCUT2D eigenvalue weighted by atomic mass is 19.2. The average molecular weight is 387 g/mol. The second kappa shape index (κ2) is 7.67. The molecule has 0 amide bonds.